The van der Waals surface area contributed by atoms with E-state index in [1.807, 2.05) is 6.07 Å². The summed E-state index contributed by atoms with van der Waals surface area (Å²) in [6.45, 7) is 4.15. The average Bonchev–Trinajstić information content (AvgIpc) is 3.00. The van der Waals surface area contributed by atoms with Crippen molar-refractivity contribution in [1.82, 2.24) is 19.8 Å². The van der Waals surface area contributed by atoms with Crippen LogP contribution in [0.25, 0.3) is 10.9 Å². The lowest BCUT2D eigenvalue weighted by Gasteiger charge is -2.37. The number of ether oxygens (including phenoxy) is 1. The average molecular weight is 432 g/mol. The van der Waals surface area contributed by atoms with E-state index in [1.54, 1.807) is 4.90 Å². The summed E-state index contributed by atoms with van der Waals surface area (Å²) in [4.78, 5) is 24.9. The lowest BCUT2D eigenvalue weighted by Crippen LogP contribution is -2.49. The van der Waals surface area contributed by atoms with Gasteiger partial charge in [0.15, 0.2) is 0 Å². The van der Waals surface area contributed by atoms with E-state index in [0.29, 0.717) is 5.15 Å². The van der Waals surface area contributed by atoms with Crippen LogP contribution in [-0.2, 0) is 11.3 Å². The minimum absolute atomic E-state index is 0.0856. The molecule has 2 N–H and O–H groups in total. The smallest absolute Gasteiger partial charge is 0.407 e. The first-order chi connectivity index (χ1) is 14.6. The third-order valence-electron chi connectivity index (χ3n) is 6.50. The first kappa shape index (κ1) is 19.8. The summed E-state index contributed by atoms with van der Waals surface area (Å²) in [5.41, 5.74) is 1.83. The summed E-state index contributed by atoms with van der Waals surface area (Å²) >= 11 is 6.32. The molecule has 0 saturated carbocycles. The largest absolute Gasteiger partial charge is 0.465 e. The fourth-order valence-corrected chi connectivity index (χ4v) is 5.31. The third-order valence-corrected chi connectivity index (χ3v) is 6.69. The Bertz CT molecular complexity index is 938. The fraction of sp³-hybridized carbons (Fsp3) is 0.571. The zero-order valence-electron chi connectivity index (χ0n) is 16.8. The summed E-state index contributed by atoms with van der Waals surface area (Å²) in [6.07, 6.45) is 2.66. The molecule has 9 heteroatoms. The van der Waals surface area contributed by atoms with Crippen LogP contribution in [-0.4, -0.2) is 75.4 Å². The fourth-order valence-electron chi connectivity index (χ4n) is 5.13. The van der Waals surface area contributed by atoms with Gasteiger partial charge in [0, 0.05) is 49.2 Å². The van der Waals surface area contributed by atoms with Crippen molar-refractivity contribution in [3.8, 4) is 0 Å². The molecule has 5 rings (SSSR count). The van der Waals surface area contributed by atoms with Gasteiger partial charge in [-0.3, -0.25) is 9.88 Å². The van der Waals surface area contributed by atoms with Crippen LogP contribution in [0, 0.1) is 0 Å². The summed E-state index contributed by atoms with van der Waals surface area (Å²) in [5.74, 6) is 0.732. The van der Waals surface area contributed by atoms with Gasteiger partial charge in [-0.25, -0.2) is 9.78 Å². The van der Waals surface area contributed by atoms with Gasteiger partial charge in [0.05, 0.1) is 24.4 Å². The monoisotopic (exact) mass is 431 g/mol. The molecule has 1 unspecified atom stereocenters. The van der Waals surface area contributed by atoms with Crippen LogP contribution in [0.15, 0.2) is 18.2 Å². The van der Waals surface area contributed by atoms with Crippen molar-refractivity contribution < 1.29 is 14.6 Å². The van der Waals surface area contributed by atoms with Gasteiger partial charge in [-0.15, -0.1) is 0 Å². The minimum atomic E-state index is -0.802. The second-order valence-electron chi connectivity index (χ2n) is 8.44. The second-order valence-corrected chi connectivity index (χ2v) is 8.83. The van der Waals surface area contributed by atoms with Gasteiger partial charge < -0.3 is 20.1 Å². The number of nitrogens with zero attached hydrogens (tertiary/aromatic N) is 4. The Kier molecular flexibility index (Phi) is 5.39. The number of carboxylic acid groups (broad SMARTS) is 1. The van der Waals surface area contributed by atoms with E-state index in [0.717, 1.165) is 80.9 Å². The highest BCUT2D eigenvalue weighted by Crippen LogP contribution is 2.37. The Labute approximate surface area is 180 Å². The number of anilines is 1. The number of carbonyl (C=O) groups is 1. The number of fused-ring (bicyclic) bond motifs is 3. The van der Waals surface area contributed by atoms with E-state index in [9.17, 15) is 9.90 Å². The molecule has 2 aromatic rings. The van der Waals surface area contributed by atoms with Crippen LogP contribution in [0.4, 0.5) is 10.6 Å². The number of amides is 1. The summed E-state index contributed by atoms with van der Waals surface area (Å²) < 4.78 is 5.42. The molecule has 0 aromatic carbocycles. The molecule has 160 valence electrons. The van der Waals surface area contributed by atoms with Gasteiger partial charge >= 0.3 is 6.09 Å². The quantitative estimate of drug-likeness (QED) is 0.718. The Morgan fingerprint density at radius 3 is 2.63 bits per heavy atom. The van der Waals surface area contributed by atoms with Crippen LogP contribution >= 0.6 is 11.6 Å². The van der Waals surface area contributed by atoms with Crippen LogP contribution < -0.4 is 5.32 Å². The van der Waals surface area contributed by atoms with Gasteiger partial charge in [0.2, 0.25) is 0 Å². The molecule has 0 radical (unpaired) electrons. The standard InChI is InChI=1S/C21H26ClN5O3/c22-19-11-18-17(4-1-13(23-18)12-26-5-7-30-8-6-26)20(25-19)24-14-9-15-2-3-16(10-14)27(15)21(28)29/h1,4,11,14-16H,2-3,5-10,12H2,(H,24,25)(H,28,29)/t14?,15-,16+. The Balaban J connectivity index is 1.35. The molecule has 0 aliphatic carbocycles. The van der Waals surface area contributed by atoms with E-state index in [4.69, 9.17) is 21.3 Å². The van der Waals surface area contributed by atoms with Crippen molar-refractivity contribution in [3.63, 3.8) is 0 Å². The highest BCUT2D eigenvalue weighted by atomic mass is 35.5. The van der Waals surface area contributed by atoms with E-state index in [1.165, 1.54) is 0 Å². The number of hydrogen-bond acceptors (Lipinski definition) is 6. The zero-order chi connectivity index (χ0) is 20.7. The van der Waals surface area contributed by atoms with Gasteiger partial charge in [-0.2, -0.15) is 0 Å². The molecule has 3 aliphatic rings. The Morgan fingerprint density at radius 2 is 1.93 bits per heavy atom. The number of piperidine rings is 1. The van der Waals surface area contributed by atoms with Crippen LogP contribution in [0.2, 0.25) is 5.15 Å². The first-order valence-corrected chi connectivity index (χ1v) is 11.0. The second kappa shape index (κ2) is 8.17. The third kappa shape index (κ3) is 3.91. The van der Waals surface area contributed by atoms with Crippen LogP contribution in [0.3, 0.4) is 0 Å². The molecule has 3 fully saturated rings. The first-order valence-electron chi connectivity index (χ1n) is 10.6. The molecule has 8 nitrogen and oxygen atoms in total. The van der Waals surface area contributed by atoms with E-state index < -0.39 is 6.09 Å². The van der Waals surface area contributed by atoms with Crippen LogP contribution in [0.1, 0.15) is 31.4 Å². The number of halogens is 1. The molecule has 2 bridgehead atoms. The highest BCUT2D eigenvalue weighted by molar-refractivity contribution is 6.30. The molecular weight excluding hydrogens is 406 g/mol. The van der Waals surface area contributed by atoms with Crippen LogP contribution in [0.5, 0.6) is 0 Å². The maximum atomic E-state index is 11.5. The number of hydrogen-bond donors (Lipinski definition) is 2. The minimum Gasteiger partial charge on any atom is -0.465 e. The summed E-state index contributed by atoms with van der Waals surface area (Å²) in [6, 6.07) is 6.27. The van der Waals surface area contributed by atoms with Crippen molar-refractivity contribution >= 4 is 34.4 Å². The molecule has 30 heavy (non-hydrogen) atoms. The lowest BCUT2D eigenvalue weighted by molar-refractivity contribution is 0.0337. The Morgan fingerprint density at radius 1 is 1.20 bits per heavy atom. The van der Waals surface area contributed by atoms with Gasteiger partial charge in [-0.05, 0) is 37.8 Å². The molecule has 3 aliphatic heterocycles. The lowest BCUT2D eigenvalue weighted by atomic mass is 9.97. The molecule has 2 aromatic heterocycles. The maximum Gasteiger partial charge on any atom is 0.407 e. The molecule has 3 saturated heterocycles. The molecule has 1 amide bonds. The predicted octanol–water partition coefficient (Wildman–Crippen LogP) is 3.20. The number of pyridine rings is 2. The van der Waals surface area contributed by atoms with E-state index in [2.05, 4.69) is 27.3 Å². The topological polar surface area (TPSA) is 90.8 Å². The van der Waals surface area contributed by atoms with Crippen molar-refractivity contribution in [2.45, 2.75) is 50.4 Å². The number of rotatable bonds is 4. The van der Waals surface area contributed by atoms with Crippen molar-refractivity contribution in [2.75, 3.05) is 31.6 Å². The predicted molar refractivity (Wildman–Crippen MR) is 114 cm³/mol. The number of nitrogens with one attached hydrogen (secondary N) is 1. The number of aromatic nitrogens is 2. The molecule has 3 atom stereocenters. The van der Waals surface area contributed by atoms with Crippen molar-refractivity contribution in [1.29, 1.82) is 0 Å². The zero-order valence-corrected chi connectivity index (χ0v) is 17.5. The van der Waals surface area contributed by atoms with Gasteiger partial charge in [-0.1, -0.05) is 11.6 Å². The van der Waals surface area contributed by atoms with Gasteiger partial charge in [0.25, 0.3) is 0 Å². The summed E-state index contributed by atoms with van der Waals surface area (Å²) in [7, 11) is 0. The normalized spacial score (nSPS) is 26.8. The highest BCUT2D eigenvalue weighted by Gasteiger charge is 2.43. The Hall–Kier alpha value is -2.16. The van der Waals surface area contributed by atoms with E-state index >= 15 is 0 Å². The van der Waals surface area contributed by atoms with Crippen molar-refractivity contribution in [2.24, 2.45) is 0 Å². The molecule has 5 heterocycles. The van der Waals surface area contributed by atoms with Gasteiger partial charge in [0.1, 0.15) is 11.0 Å². The maximum absolute atomic E-state index is 11.5. The summed E-state index contributed by atoms with van der Waals surface area (Å²) in [5, 5.41) is 14.4. The SMILES string of the molecule is O=C(O)N1[C@@H]2CC[C@H]1CC(Nc1nc(Cl)cc3nc(CN4CCOCC4)ccc13)C2. The number of morpholine rings is 1. The van der Waals surface area contributed by atoms with E-state index in [-0.39, 0.29) is 18.1 Å². The molecular formula is C21H26ClN5O3. The van der Waals surface area contributed by atoms with Crippen molar-refractivity contribution in [3.05, 3.63) is 29.0 Å². The molecule has 0 spiro atoms.